The van der Waals surface area contributed by atoms with E-state index in [-0.39, 0.29) is 0 Å². The van der Waals surface area contributed by atoms with Gasteiger partial charge in [0.15, 0.2) is 0 Å². The van der Waals surface area contributed by atoms with Gasteiger partial charge in [-0.05, 0) is 39.9 Å². The fourth-order valence-electron chi connectivity index (χ4n) is 2.03. The van der Waals surface area contributed by atoms with Crippen LogP contribution in [0.4, 0.5) is 5.69 Å². The van der Waals surface area contributed by atoms with Crippen LogP contribution in [0.15, 0.2) is 22.7 Å². The summed E-state index contributed by atoms with van der Waals surface area (Å²) in [7, 11) is 0. The summed E-state index contributed by atoms with van der Waals surface area (Å²) >= 11 is 3.65. The summed E-state index contributed by atoms with van der Waals surface area (Å²) in [6.45, 7) is 9.09. The number of aryl methyl sites for hydroxylation is 1. The highest BCUT2D eigenvalue weighted by Gasteiger charge is 2.34. The Hall–Kier alpha value is -0.500. The Kier molecular flexibility index (Phi) is 2.34. The largest absolute Gasteiger partial charge is 0.369 e. The Bertz CT molecular complexity index is 349. The van der Waals surface area contributed by atoms with Gasteiger partial charge in [-0.2, -0.15) is 0 Å². The topological polar surface area (TPSA) is 3.24 Å². The van der Waals surface area contributed by atoms with Crippen LogP contribution >= 0.6 is 15.9 Å². The van der Waals surface area contributed by atoms with Crippen LogP contribution in [-0.4, -0.2) is 13.1 Å². The van der Waals surface area contributed by atoms with Gasteiger partial charge in [-0.15, -0.1) is 0 Å². The molecular weight excluding hydrogens is 238 g/mol. The second-order valence-corrected chi connectivity index (χ2v) is 5.72. The van der Waals surface area contributed by atoms with E-state index in [1.165, 1.54) is 15.7 Å². The van der Waals surface area contributed by atoms with Crippen LogP contribution in [0.5, 0.6) is 0 Å². The van der Waals surface area contributed by atoms with Crippen molar-refractivity contribution in [3.8, 4) is 0 Å². The monoisotopic (exact) mass is 253 g/mol. The first-order valence-electron chi connectivity index (χ1n) is 5.00. The molecule has 1 aromatic carbocycles. The molecular formula is C12H16BrN. The Morgan fingerprint density at radius 1 is 1.29 bits per heavy atom. The highest BCUT2D eigenvalue weighted by molar-refractivity contribution is 9.10. The fraction of sp³-hybridized carbons (Fsp3) is 0.500. The molecule has 1 nitrogen and oxygen atoms in total. The van der Waals surface area contributed by atoms with Crippen LogP contribution in [0.2, 0.25) is 0 Å². The third kappa shape index (κ3) is 1.68. The summed E-state index contributed by atoms with van der Waals surface area (Å²) in [4.78, 5) is 2.43. The molecule has 2 rings (SSSR count). The lowest BCUT2D eigenvalue weighted by atomic mass is 9.84. The Morgan fingerprint density at radius 3 is 2.50 bits per heavy atom. The number of hydrogen-bond acceptors (Lipinski definition) is 1. The molecule has 0 aliphatic carbocycles. The summed E-state index contributed by atoms with van der Waals surface area (Å²) in [5, 5.41) is 0. The molecule has 0 radical (unpaired) electrons. The van der Waals surface area contributed by atoms with Gasteiger partial charge < -0.3 is 4.90 Å². The zero-order valence-electron chi connectivity index (χ0n) is 8.97. The van der Waals surface area contributed by atoms with Crippen molar-refractivity contribution in [1.29, 1.82) is 0 Å². The average Bonchev–Trinajstić information content (AvgIpc) is 2.06. The third-order valence-corrected chi connectivity index (χ3v) is 3.78. The molecule has 0 unspecified atom stereocenters. The highest BCUT2D eigenvalue weighted by Crippen LogP contribution is 2.38. The maximum absolute atomic E-state index is 3.65. The first kappa shape index (κ1) is 10.0. The van der Waals surface area contributed by atoms with E-state index in [9.17, 15) is 0 Å². The minimum atomic E-state index is 0.489. The summed E-state index contributed by atoms with van der Waals surface area (Å²) in [5.41, 5.74) is 3.14. The van der Waals surface area contributed by atoms with Crippen LogP contribution in [0.1, 0.15) is 19.4 Å². The summed E-state index contributed by atoms with van der Waals surface area (Å²) in [6.07, 6.45) is 0. The molecule has 0 bridgehead atoms. The lowest BCUT2D eigenvalue weighted by Gasteiger charge is -2.47. The van der Waals surface area contributed by atoms with Gasteiger partial charge in [0.25, 0.3) is 0 Å². The third-order valence-electron chi connectivity index (χ3n) is 2.75. The van der Waals surface area contributed by atoms with Gasteiger partial charge in [-0.3, -0.25) is 0 Å². The SMILES string of the molecule is Cc1cccc(N2CC(C)(C)C2)c1Br. The van der Waals surface area contributed by atoms with E-state index in [1.807, 2.05) is 0 Å². The van der Waals surface area contributed by atoms with Gasteiger partial charge in [0.05, 0.1) is 5.69 Å². The molecule has 1 aliphatic heterocycles. The number of nitrogens with zero attached hydrogens (tertiary/aromatic N) is 1. The second-order valence-electron chi connectivity index (χ2n) is 4.93. The zero-order valence-corrected chi connectivity index (χ0v) is 10.6. The van der Waals surface area contributed by atoms with Crippen molar-refractivity contribution in [2.24, 2.45) is 5.41 Å². The minimum absolute atomic E-state index is 0.489. The highest BCUT2D eigenvalue weighted by atomic mass is 79.9. The molecule has 0 aromatic heterocycles. The van der Waals surface area contributed by atoms with Crippen LogP contribution in [0.25, 0.3) is 0 Å². The molecule has 0 N–H and O–H groups in total. The number of anilines is 1. The van der Waals surface area contributed by atoms with Gasteiger partial charge in [-0.25, -0.2) is 0 Å². The fourth-order valence-corrected chi connectivity index (χ4v) is 2.55. The molecule has 1 fully saturated rings. The molecule has 0 atom stereocenters. The van der Waals surface area contributed by atoms with E-state index in [1.54, 1.807) is 0 Å². The standard InChI is InChI=1S/C12H16BrN/c1-9-5-4-6-10(11(9)13)14-7-12(2,3)8-14/h4-6H,7-8H2,1-3H3. The lowest BCUT2D eigenvalue weighted by molar-refractivity contribution is 0.276. The molecule has 14 heavy (non-hydrogen) atoms. The van der Waals surface area contributed by atoms with E-state index in [4.69, 9.17) is 0 Å². The van der Waals surface area contributed by atoms with Gasteiger partial charge in [0.2, 0.25) is 0 Å². The first-order chi connectivity index (χ1) is 6.49. The van der Waals surface area contributed by atoms with Crippen molar-refractivity contribution in [2.45, 2.75) is 20.8 Å². The van der Waals surface area contributed by atoms with Crippen LogP contribution in [-0.2, 0) is 0 Å². The molecule has 1 saturated heterocycles. The van der Waals surface area contributed by atoms with Gasteiger partial charge in [-0.1, -0.05) is 26.0 Å². The van der Waals surface area contributed by atoms with E-state index >= 15 is 0 Å². The van der Waals surface area contributed by atoms with Gasteiger partial charge >= 0.3 is 0 Å². The average molecular weight is 254 g/mol. The molecule has 1 aromatic rings. The molecule has 0 amide bonds. The van der Waals surface area contributed by atoms with Crippen molar-refractivity contribution in [3.63, 3.8) is 0 Å². The Balaban J connectivity index is 2.23. The van der Waals surface area contributed by atoms with E-state index in [0.717, 1.165) is 13.1 Å². The molecule has 0 saturated carbocycles. The Labute approximate surface area is 94.2 Å². The van der Waals surface area contributed by atoms with Crippen molar-refractivity contribution in [3.05, 3.63) is 28.2 Å². The van der Waals surface area contributed by atoms with Crippen LogP contribution in [0.3, 0.4) is 0 Å². The predicted molar refractivity (Wildman–Crippen MR) is 64.9 cm³/mol. The summed E-state index contributed by atoms with van der Waals surface area (Å²) < 4.78 is 1.25. The molecule has 76 valence electrons. The van der Waals surface area contributed by atoms with Gasteiger partial charge in [0.1, 0.15) is 0 Å². The summed E-state index contributed by atoms with van der Waals surface area (Å²) in [6, 6.07) is 6.45. The van der Waals surface area contributed by atoms with Crippen molar-refractivity contribution in [1.82, 2.24) is 0 Å². The normalized spacial score (nSPS) is 19.3. The number of hydrogen-bond donors (Lipinski definition) is 0. The zero-order chi connectivity index (χ0) is 10.3. The maximum Gasteiger partial charge on any atom is 0.0513 e. The lowest BCUT2D eigenvalue weighted by Crippen LogP contribution is -2.53. The van der Waals surface area contributed by atoms with Crippen LogP contribution < -0.4 is 4.90 Å². The molecule has 1 aliphatic rings. The first-order valence-corrected chi connectivity index (χ1v) is 5.79. The second kappa shape index (κ2) is 3.27. The number of halogens is 1. The molecule has 2 heteroatoms. The minimum Gasteiger partial charge on any atom is -0.369 e. The van der Waals surface area contributed by atoms with E-state index < -0.39 is 0 Å². The number of benzene rings is 1. The van der Waals surface area contributed by atoms with Crippen molar-refractivity contribution >= 4 is 21.6 Å². The number of rotatable bonds is 1. The quantitative estimate of drug-likeness (QED) is 0.740. The van der Waals surface area contributed by atoms with E-state index in [2.05, 4.69) is 59.8 Å². The van der Waals surface area contributed by atoms with Crippen molar-refractivity contribution in [2.75, 3.05) is 18.0 Å². The predicted octanol–water partition coefficient (Wildman–Crippen LogP) is 3.60. The molecule has 1 heterocycles. The van der Waals surface area contributed by atoms with Gasteiger partial charge in [0, 0.05) is 17.6 Å². The molecule has 0 spiro atoms. The Morgan fingerprint density at radius 2 is 1.93 bits per heavy atom. The van der Waals surface area contributed by atoms with Crippen molar-refractivity contribution < 1.29 is 0 Å². The summed E-state index contributed by atoms with van der Waals surface area (Å²) in [5.74, 6) is 0. The van der Waals surface area contributed by atoms with Crippen LogP contribution in [0, 0.1) is 12.3 Å². The smallest absolute Gasteiger partial charge is 0.0513 e. The van der Waals surface area contributed by atoms with E-state index in [0.29, 0.717) is 5.41 Å². The maximum atomic E-state index is 3.65.